The van der Waals surface area contributed by atoms with Gasteiger partial charge >= 0.3 is 0 Å². The number of aliphatic hydroxyl groups excluding tert-OH is 3. The van der Waals surface area contributed by atoms with Crippen LogP contribution in [-0.2, 0) is 0 Å². The average Bonchev–Trinajstić information content (AvgIpc) is 2.22. The van der Waals surface area contributed by atoms with Gasteiger partial charge in [0.1, 0.15) is 6.10 Å². The fourth-order valence-corrected chi connectivity index (χ4v) is 2.02. The van der Waals surface area contributed by atoms with E-state index < -0.39 is 12.2 Å². The third-order valence-corrected chi connectivity index (χ3v) is 3.16. The van der Waals surface area contributed by atoms with E-state index in [2.05, 4.69) is 0 Å². The van der Waals surface area contributed by atoms with Gasteiger partial charge < -0.3 is 15.3 Å². The second-order valence-electron chi connectivity index (χ2n) is 3.32. The normalized spacial score (nSPS) is 14.9. The Hall–Kier alpha value is -0.0300. The predicted octanol–water partition coefficient (Wildman–Crippen LogP) is 2.42. The highest BCUT2D eigenvalue weighted by atomic mass is 35.5. The van der Waals surface area contributed by atoms with Crippen LogP contribution in [0.15, 0.2) is 12.1 Å². The van der Waals surface area contributed by atoms with Crippen molar-refractivity contribution in [3.05, 3.63) is 32.8 Å². The van der Waals surface area contributed by atoms with Gasteiger partial charge in [0.15, 0.2) is 0 Å². The Balaban J connectivity index is 3.03. The quantitative estimate of drug-likeness (QED) is 0.745. The van der Waals surface area contributed by atoms with E-state index in [1.165, 1.54) is 12.1 Å². The predicted molar refractivity (Wildman–Crippen MR) is 64.1 cm³/mol. The molecule has 6 heteroatoms. The van der Waals surface area contributed by atoms with Crippen molar-refractivity contribution in [1.82, 2.24) is 0 Å². The summed E-state index contributed by atoms with van der Waals surface area (Å²) in [4.78, 5) is 0. The molecule has 0 aromatic heterocycles. The molecule has 0 aliphatic carbocycles. The van der Waals surface area contributed by atoms with Crippen molar-refractivity contribution >= 4 is 34.8 Å². The molecule has 0 saturated carbocycles. The van der Waals surface area contributed by atoms with Crippen molar-refractivity contribution < 1.29 is 15.3 Å². The highest BCUT2D eigenvalue weighted by molar-refractivity contribution is 6.43. The topological polar surface area (TPSA) is 60.7 Å². The molecule has 1 aromatic rings. The first kappa shape index (κ1) is 14.0. The smallest absolute Gasteiger partial charge is 0.106 e. The minimum atomic E-state index is -1.23. The summed E-state index contributed by atoms with van der Waals surface area (Å²) < 4.78 is 0. The lowest BCUT2D eigenvalue weighted by Crippen LogP contribution is -2.19. The van der Waals surface area contributed by atoms with Crippen LogP contribution in [0.3, 0.4) is 0 Å². The molecule has 0 saturated heterocycles. The lowest BCUT2D eigenvalue weighted by molar-refractivity contribution is 0.00428. The van der Waals surface area contributed by atoms with Crippen LogP contribution < -0.4 is 0 Å². The van der Waals surface area contributed by atoms with Crippen LogP contribution in [-0.4, -0.2) is 28.0 Å². The summed E-state index contributed by atoms with van der Waals surface area (Å²) in [6, 6.07) is 2.88. The molecule has 0 radical (unpaired) electrons. The lowest BCUT2D eigenvalue weighted by atomic mass is 10.0. The summed E-state index contributed by atoms with van der Waals surface area (Å²) >= 11 is 17.4. The Morgan fingerprint density at radius 2 is 1.75 bits per heavy atom. The van der Waals surface area contributed by atoms with E-state index in [1.54, 1.807) is 0 Å². The molecule has 1 rings (SSSR count). The highest BCUT2D eigenvalue weighted by Gasteiger charge is 2.22. The van der Waals surface area contributed by atoms with E-state index in [4.69, 9.17) is 39.9 Å². The largest absolute Gasteiger partial charge is 0.396 e. The van der Waals surface area contributed by atoms with Crippen molar-refractivity contribution in [2.45, 2.75) is 18.6 Å². The second kappa shape index (κ2) is 6.05. The molecule has 3 N–H and O–H groups in total. The van der Waals surface area contributed by atoms with Crippen molar-refractivity contribution in [2.24, 2.45) is 0 Å². The number of aliphatic hydroxyl groups is 3. The molecular formula is C10H11Cl3O3. The summed E-state index contributed by atoms with van der Waals surface area (Å²) in [5, 5.41) is 28.6. The van der Waals surface area contributed by atoms with Crippen molar-refractivity contribution in [3.8, 4) is 0 Å². The van der Waals surface area contributed by atoms with E-state index in [0.717, 1.165) is 0 Å². The van der Waals surface area contributed by atoms with Crippen LogP contribution >= 0.6 is 34.8 Å². The van der Waals surface area contributed by atoms with Gasteiger partial charge in [-0.05, 0) is 18.6 Å². The summed E-state index contributed by atoms with van der Waals surface area (Å²) in [5.41, 5.74) is 0.250. The lowest BCUT2D eigenvalue weighted by Gasteiger charge is -2.19. The molecule has 2 unspecified atom stereocenters. The molecule has 0 fully saturated rings. The Bertz CT molecular complexity index is 371. The zero-order valence-corrected chi connectivity index (χ0v) is 10.5. The third-order valence-electron chi connectivity index (χ3n) is 2.13. The molecule has 0 spiro atoms. The van der Waals surface area contributed by atoms with Crippen LogP contribution in [0.1, 0.15) is 18.1 Å². The summed E-state index contributed by atoms with van der Waals surface area (Å²) in [6.07, 6.45) is -2.30. The minimum absolute atomic E-state index is 0.0433. The fraction of sp³-hybridized carbons (Fsp3) is 0.400. The average molecular weight is 286 g/mol. The monoisotopic (exact) mass is 284 g/mol. The van der Waals surface area contributed by atoms with Crippen molar-refractivity contribution in [1.29, 1.82) is 0 Å². The van der Waals surface area contributed by atoms with Crippen LogP contribution in [0, 0.1) is 0 Å². The summed E-state index contributed by atoms with van der Waals surface area (Å²) in [7, 11) is 0. The molecule has 0 amide bonds. The number of halogens is 3. The van der Waals surface area contributed by atoms with Gasteiger partial charge in [0.2, 0.25) is 0 Å². The number of benzene rings is 1. The second-order valence-corrected chi connectivity index (χ2v) is 4.54. The zero-order chi connectivity index (χ0) is 12.3. The number of rotatable bonds is 4. The van der Waals surface area contributed by atoms with Gasteiger partial charge in [-0.3, -0.25) is 0 Å². The minimum Gasteiger partial charge on any atom is -0.396 e. The molecule has 90 valence electrons. The molecule has 16 heavy (non-hydrogen) atoms. The van der Waals surface area contributed by atoms with Gasteiger partial charge in [0.05, 0.1) is 16.1 Å². The molecule has 0 aliphatic heterocycles. The maximum atomic E-state index is 9.79. The van der Waals surface area contributed by atoms with Crippen LogP contribution in [0.5, 0.6) is 0 Å². The van der Waals surface area contributed by atoms with E-state index in [0.29, 0.717) is 5.02 Å². The maximum Gasteiger partial charge on any atom is 0.106 e. The molecule has 3 nitrogen and oxygen atoms in total. The molecular weight excluding hydrogens is 274 g/mol. The highest BCUT2D eigenvalue weighted by Crippen LogP contribution is 2.34. The zero-order valence-electron chi connectivity index (χ0n) is 8.20. The first-order valence-electron chi connectivity index (χ1n) is 4.58. The van der Waals surface area contributed by atoms with Crippen molar-refractivity contribution in [3.63, 3.8) is 0 Å². The first-order chi connectivity index (χ1) is 7.47. The Morgan fingerprint density at radius 3 is 2.31 bits per heavy atom. The van der Waals surface area contributed by atoms with Gasteiger partial charge in [0.25, 0.3) is 0 Å². The SMILES string of the molecule is OCCC(O)C(O)c1cc(Cl)cc(Cl)c1Cl. The van der Waals surface area contributed by atoms with Crippen LogP contribution in [0.4, 0.5) is 0 Å². The van der Waals surface area contributed by atoms with Crippen LogP contribution in [0.2, 0.25) is 15.1 Å². The number of hydrogen-bond donors (Lipinski definition) is 3. The van der Waals surface area contributed by atoms with Crippen molar-refractivity contribution in [2.75, 3.05) is 6.61 Å². The fourth-order valence-electron chi connectivity index (χ4n) is 1.29. The molecule has 0 bridgehead atoms. The van der Waals surface area contributed by atoms with E-state index in [9.17, 15) is 10.2 Å². The molecule has 2 atom stereocenters. The standard InChI is InChI=1S/C10H11Cl3O3/c11-5-3-6(9(13)7(12)4-5)10(16)8(15)1-2-14/h3-4,8,10,14-16H,1-2H2. The Morgan fingerprint density at radius 1 is 1.12 bits per heavy atom. The molecule has 1 aromatic carbocycles. The van der Waals surface area contributed by atoms with Gasteiger partial charge in [-0.1, -0.05) is 34.8 Å². The number of hydrogen-bond acceptors (Lipinski definition) is 3. The Labute approximate surface area is 108 Å². The first-order valence-corrected chi connectivity index (χ1v) is 5.72. The van der Waals surface area contributed by atoms with E-state index in [1.807, 2.05) is 0 Å². The molecule has 0 aliphatic rings. The van der Waals surface area contributed by atoms with Crippen LogP contribution in [0.25, 0.3) is 0 Å². The molecule has 0 heterocycles. The summed E-state index contributed by atoms with van der Waals surface area (Å²) in [6.45, 7) is -0.232. The van der Waals surface area contributed by atoms with Gasteiger partial charge in [0, 0.05) is 17.2 Å². The van der Waals surface area contributed by atoms with E-state index >= 15 is 0 Å². The third kappa shape index (κ3) is 3.23. The Kier molecular flexibility index (Phi) is 5.31. The van der Waals surface area contributed by atoms with Gasteiger partial charge in [-0.25, -0.2) is 0 Å². The summed E-state index contributed by atoms with van der Waals surface area (Å²) in [5.74, 6) is 0. The maximum absolute atomic E-state index is 9.79. The van der Waals surface area contributed by atoms with Gasteiger partial charge in [-0.2, -0.15) is 0 Å². The van der Waals surface area contributed by atoms with Gasteiger partial charge in [-0.15, -0.1) is 0 Å². The van der Waals surface area contributed by atoms with E-state index in [-0.39, 0.29) is 28.6 Å².